The SMILES string of the molecule is COc1cccc(Cl)c1CNC(=O)Cc1ccccc1O. The van der Waals surface area contributed by atoms with Gasteiger partial charge in [0.15, 0.2) is 0 Å². The van der Waals surface area contributed by atoms with Gasteiger partial charge in [-0.15, -0.1) is 0 Å². The highest BCUT2D eigenvalue weighted by Crippen LogP contribution is 2.26. The van der Waals surface area contributed by atoms with Gasteiger partial charge in [-0.1, -0.05) is 35.9 Å². The molecule has 21 heavy (non-hydrogen) atoms. The van der Waals surface area contributed by atoms with Gasteiger partial charge in [0.05, 0.1) is 13.5 Å². The number of carbonyl (C=O) groups excluding carboxylic acids is 1. The number of benzene rings is 2. The fourth-order valence-electron chi connectivity index (χ4n) is 1.98. The average Bonchev–Trinajstić information content (AvgIpc) is 2.48. The monoisotopic (exact) mass is 305 g/mol. The number of ether oxygens (including phenoxy) is 1. The summed E-state index contributed by atoms with van der Waals surface area (Å²) >= 11 is 6.11. The molecule has 0 radical (unpaired) electrons. The van der Waals surface area contributed by atoms with Gasteiger partial charge in [0.25, 0.3) is 0 Å². The fraction of sp³-hybridized carbons (Fsp3) is 0.188. The number of phenolic OH excluding ortho intramolecular Hbond substituents is 1. The van der Waals surface area contributed by atoms with Gasteiger partial charge in [-0.3, -0.25) is 4.79 Å². The molecule has 110 valence electrons. The molecule has 2 rings (SSSR count). The summed E-state index contributed by atoms with van der Waals surface area (Å²) in [5.41, 5.74) is 1.31. The summed E-state index contributed by atoms with van der Waals surface area (Å²) in [5.74, 6) is 0.548. The van der Waals surface area contributed by atoms with Crippen molar-refractivity contribution in [3.05, 3.63) is 58.6 Å². The number of hydrogen-bond donors (Lipinski definition) is 2. The number of halogens is 1. The Labute approximate surface area is 128 Å². The van der Waals surface area contributed by atoms with E-state index in [9.17, 15) is 9.90 Å². The minimum absolute atomic E-state index is 0.111. The number of phenols is 1. The molecule has 4 nitrogen and oxygen atoms in total. The first-order valence-electron chi connectivity index (χ1n) is 6.46. The largest absolute Gasteiger partial charge is 0.508 e. The number of para-hydroxylation sites is 1. The summed E-state index contributed by atoms with van der Waals surface area (Å²) in [6.07, 6.45) is 0.111. The van der Waals surface area contributed by atoms with E-state index in [1.165, 1.54) is 0 Å². The summed E-state index contributed by atoms with van der Waals surface area (Å²) in [6.45, 7) is 0.273. The summed E-state index contributed by atoms with van der Waals surface area (Å²) in [5, 5.41) is 13.0. The van der Waals surface area contributed by atoms with Crippen LogP contribution < -0.4 is 10.1 Å². The van der Waals surface area contributed by atoms with E-state index in [1.807, 2.05) is 0 Å². The number of rotatable bonds is 5. The molecule has 0 heterocycles. The van der Waals surface area contributed by atoms with Crippen LogP contribution in [0.25, 0.3) is 0 Å². The zero-order valence-electron chi connectivity index (χ0n) is 11.6. The Balaban J connectivity index is 2.01. The van der Waals surface area contributed by atoms with Crippen molar-refractivity contribution >= 4 is 17.5 Å². The normalized spacial score (nSPS) is 10.2. The second kappa shape index (κ2) is 6.99. The molecule has 0 unspecified atom stereocenters. The van der Waals surface area contributed by atoms with Gasteiger partial charge in [0, 0.05) is 22.7 Å². The van der Waals surface area contributed by atoms with Gasteiger partial charge >= 0.3 is 0 Å². The van der Waals surface area contributed by atoms with Crippen molar-refractivity contribution in [2.45, 2.75) is 13.0 Å². The zero-order chi connectivity index (χ0) is 15.2. The second-order valence-electron chi connectivity index (χ2n) is 4.50. The highest BCUT2D eigenvalue weighted by molar-refractivity contribution is 6.31. The third-order valence-electron chi connectivity index (χ3n) is 3.10. The lowest BCUT2D eigenvalue weighted by Crippen LogP contribution is -2.25. The van der Waals surface area contributed by atoms with Crippen LogP contribution in [0.15, 0.2) is 42.5 Å². The van der Waals surface area contributed by atoms with Gasteiger partial charge in [0.1, 0.15) is 11.5 Å². The van der Waals surface area contributed by atoms with E-state index in [0.29, 0.717) is 16.3 Å². The standard InChI is InChI=1S/C16H16ClNO3/c1-21-15-8-4-6-13(17)12(15)10-18-16(20)9-11-5-2-3-7-14(11)19/h2-8,19H,9-10H2,1H3,(H,18,20). The fourth-order valence-corrected chi connectivity index (χ4v) is 2.22. The highest BCUT2D eigenvalue weighted by atomic mass is 35.5. The molecule has 0 saturated heterocycles. The second-order valence-corrected chi connectivity index (χ2v) is 4.91. The average molecular weight is 306 g/mol. The van der Waals surface area contributed by atoms with Crippen LogP contribution in [0.2, 0.25) is 5.02 Å². The van der Waals surface area contributed by atoms with Crippen LogP contribution in [0, 0.1) is 0 Å². The van der Waals surface area contributed by atoms with Crippen LogP contribution in [0.1, 0.15) is 11.1 Å². The number of nitrogens with one attached hydrogen (secondary N) is 1. The van der Waals surface area contributed by atoms with Crippen molar-refractivity contribution in [2.24, 2.45) is 0 Å². The Kier molecular flexibility index (Phi) is 5.06. The van der Waals surface area contributed by atoms with Crippen molar-refractivity contribution in [1.82, 2.24) is 5.32 Å². The molecular weight excluding hydrogens is 290 g/mol. The predicted octanol–water partition coefficient (Wildman–Crippen LogP) is 2.91. The maximum Gasteiger partial charge on any atom is 0.224 e. The Morgan fingerprint density at radius 2 is 2.00 bits per heavy atom. The first kappa shape index (κ1) is 15.2. The maximum absolute atomic E-state index is 11.9. The molecule has 5 heteroatoms. The molecule has 0 saturated carbocycles. The third kappa shape index (κ3) is 3.89. The number of methoxy groups -OCH3 is 1. The lowest BCUT2D eigenvalue weighted by atomic mass is 10.1. The van der Waals surface area contributed by atoms with Crippen LogP contribution in [0.3, 0.4) is 0 Å². The van der Waals surface area contributed by atoms with Gasteiger partial charge in [0.2, 0.25) is 5.91 Å². The van der Waals surface area contributed by atoms with E-state index in [2.05, 4.69) is 5.32 Å². The van der Waals surface area contributed by atoms with Crippen molar-refractivity contribution in [3.8, 4) is 11.5 Å². The molecular formula is C16H16ClNO3. The van der Waals surface area contributed by atoms with Crippen LogP contribution in [-0.4, -0.2) is 18.1 Å². The van der Waals surface area contributed by atoms with Crippen molar-refractivity contribution in [2.75, 3.05) is 7.11 Å². The van der Waals surface area contributed by atoms with E-state index in [4.69, 9.17) is 16.3 Å². The van der Waals surface area contributed by atoms with Crippen LogP contribution in [0.5, 0.6) is 11.5 Å². The van der Waals surface area contributed by atoms with Gasteiger partial charge in [-0.2, -0.15) is 0 Å². The molecule has 1 amide bonds. The minimum atomic E-state index is -0.196. The van der Waals surface area contributed by atoms with E-state index in [0.717, 1.165) is 5.56 Å². The summed E-state index contributed by atoms with van der Waals surface area (Å²) < 4.78 is 5.22. The molecule has 0 bridgehead atoms. The molecule has 0 aliphatic rings. The molecule has 2 aromatic carbocycles. The van der Waals surface area contributed by atoms with Gasteiger partial charge < -0.3 is 15.2 Å². The first-order chi connectivity index (χ1) is 10.1. The molecule has 0 atom stereocenters. The number of aromatic hydroxyl groups is 1. The predicted molar refractivity (Wildman–Crippen MR) is 81.7 cm³/mol. The number of amides is 1. The van der Waals surface area contributed by atoms with Gasteiger partial charge in [-0.05, 0) is 18.2 Å². The van der Waals surface area contributed by atoms with Crippen LogP contribution in [-0.2, 0) is 17.8 Å². The lowest BCUT2D eigenvalue weighted by molar-refractivity contribution is -0.120. The van der Waals surface area contributed by atoms with Crippen molar-refractivity contribution in [3.63, 3.8) is 0 Å². The minimum Gasteiger partial charge on any atom is -0.508 e. The summed E-state index contributed by atoms with van der Waals surface area (Å²) in [7, 11) is 1.55. The molecule has 0 aromatic heterocycles. The number of hydrogen-bond acceptors (Lipinski definition) is 3. The van der Waals surface area contributed by atoms with E-state index in [-0.39, 0.29) is 24.6 Å². The summed E-state index contributed by atoms with van der Waals surface area (Å²) in [6, 6.07) is 12.1. The van der Waals surface area contributed by atoms with E-state index < -0.39 is 0 Å². The highest BCUT2D eigenvalue weighted by Gasteiger charge is 2.11. The summed E-state index contributed by atoms with van der Waals surface area (Å²) in [4.78, 5) is 11.9. The number of carbonyl (C=O) groups is 1. The Bertz CT molecular complexity index is 643. The van der Waals surface area contributed by atoms with Crippen molar-refractivity contribution in [1.29, 1.82) is 0 Å². The molecule has 0 aliphatic carbocycles. The van der Waals surface area contributed by atoms with E-state index >= 15 is 0 Å². The Morgan fingerprint density at radius 1 is 1.24 bits per heavy atom. The maximum atomic E-state index is 11.9. The lowest BCUT2D eigenvalue weighted by Gasteiger charge is -2.11. The topological polar surface area (TPSA) is 58.6 Å². The smallest absolute Gasteiger partial charge is 0.224 e. The quantitative estimate of drug-likeness (QED) is 0.893. The Hall–Kier alpha value is -2.20. The molecule has 2 N–H and O–H groups in total. The molecule has 0 spiro atoms. The van der Waals surface area contributed by atoms with Crippen molar-refractivity contribution < 1.29 is 14.6 Å². The third-order valence-corrected chi connectivity index (χ3v) is 3.45. The molecule has 2 aromatic rings. The van der Waals surface area contributed by atoms with Gasteiger partial charge in [-0.25, -0.2) is 0 Å². The van der Waals surface area contributed by atoms with Crippen LogP contribution >= 0.6 is 11.6 Å². The zero-order valence-corrected chi connectivity index (χ0v) is 12.4. The Morgan fingerprint density at radius 3 is 2.71 bits per heavy atom. The molecule has 0 fully saturated rings. The van der Waals surface area contributed by atoms with Crippen LogP contribution in [0.4, 0.5) is 0 Å². The van der Waals surface area contributed by atoms with E-state index in [1.54, 1.807) is 49.6 Å². The molecule has 0 aliphatic heterocycles. The first-order valence-corrected chi connectivity index (χ1v) is 6.84.